The fourth-order valence-corrected chi connectivity index (χ4v) is 2.97. The van der Waals surface area contributed by atoms with Crippen LogP contribution in [0.15, 0.2) is 23.1 Å². The first-order valence-electron chi connectivity index (χ1n) is 5.42. The molecule has 0 aromatic heterocycles. The number of carbonyl (C=O) groups is 1. The van der Waals surface area contributed by atoms with Crippen molar-refractivity contribution in [2.24, 2.45) is 0 Å². The van der Waals surface area contributed by atoms with Crippen LogP contribution in [0.3, 0.4) is 0 Å². The lowest BCUT2D eigenvalue weighted by molar-refractivity contribution is 0.0692. The highest BCUT2D eigenvalue weighted by Crippen LogP contribution is 2.19. The number of nitrogens with one attached hydrogen (secondary N) is 1. The second-order valence-corrected chi connectivity index (χ2v) is 5.72. The van der Waals surface area contributed by atoms with E-state index in [0.29, 0.717) is 0 Å². The van der Waals surface area contributed by atoms with Gasteiger partial charge in [-0.15, -0.1) is 0 Å². The summed E-state index contributed by atoms with van der Waals surface area (Å²) in [6.07, 6.45) is 0. The van der Waals surface area contributed by atoms with Crippen LogP contribution in [-0.2, 0) is 14.8 Å². The van der Waals surface area contributed by atoms with Crippen LogP contribution in [0.4, 0.5) is 5.69 Å². The largest absolute Gasteiger partial charge is 0.478 e. The molecule has 8 heteroatoms. The number of hydrogen-bond donors (Lipinski definition) is 3. The van der Waals surface area contributed by atoms with E-state index in [9.17, 15) is 13.2 Å². The SMILES string of the molecule is COCC(C)NS(=O)(=O)c1ccc(N)cc1C(=O)O. The maximum atomic E-state index is 12.1. The molecule has 1 atom stereocenters. The molecule has 1 rings (SSSR count). The lowest BCUT2D eigenvalue weighted by atomic mass is 10.2. The fraction of sp³-hybridized carbons (Fsp3) is 0.364. The number of methoxy groups -OCH3 is 1. The van der Waals surface area contributed by atoms with E-state index in [2.05, 4.69) is 4.72 Å². The third kappa shape index (κ3) is 3.91. The fourth-order valence-electron chi connectivity index (χ4n) is 1.56. The zero-order valence-corrected chi connectivity index (χ0v) is 11.4. The first-order chi connectivity index (χ1) is 8.77. The third-order valence-corrected chi connectivity index (χ3v) is 3.94. The molecule has 0 bridgehead atoms. The van der Waals surface area contributed by atoms with Crippen molar-refractivity contribution < 1.29 is 23.1 Å². The van der Waals surface area contributed by atoms with Crippen LogP contribution >= 0.6 is 0 Å². The van der Waals surface area contributed by atoms with Gasteiger partial charge in [-0.1, -0.05) is 0 Å². The number of ether oxygens (including phenoxy) is 1. The molecule has 0 aliphatic rings. The highest BCUT2D eigenvalue weighted by molar-refractivity contribution is 7.89. The summed E-state index contributed by atoms with van der Waals surface area (Å²) in [5.41, 5.74) is 5.28. The lowest BCUT2D eigenvalue weighted by Gasteiger charge is -2.14. The molecule has 0 spiro atoms. The Labute approximate surface area is 111 Å². The summed E-state index contributed by atoms with van der Waals surface area (Å²) < 4.78 is 31.3. The Morgan fingerprint density at radius 3 is 2.68 bits per heavy atom. The summed E-state index contributed by atoms with van der Waals surface area (Å²) in [7, 11) is -2.50. The number of nitrogen functional groups attached to an aromatic ring is 1. The molecule has 19 heavy (non-hydrogen) atoms. The van der Waals surface area contributed by atoms with Crippen LogP contribution in [-0.4, -0.2) is 39.3 Å². The Bertz CT molecular complexity index is 570. The molecule has 0 amide bonds. The third-order valence-electron chi connectivity index (χ3n) is 2.30. The Hall–Kier alpha value is -1.64. The van der Waals surface area contributed by atoms with E-state index in [1.165, 1.54) is 19.2 Å². The van der Waals surface area contributed by atoms with Gasteiger partial charge in [-0.05, 0) is 25.1 Å². The summed E-state index contributed by atoms with van der Waals surface area (Å²) in [4.78, 5) is 10.7. The Morgan fingerprint density at radius 2 is 2.16 bits per heavy atom. The molecule has 1 aromatic carbocycles. The van der Waals surface area contributed by atoms with E-state index >= 15 is 0 Å². The minimum atomic E-state index is -3.94. The molecule has 0 saturated carbocycles. The standard InChI is InChI=1S/C11H16N2O5S/c1-7(6-18-2)13-19(16,17)10-4-3-8(12)5-9(10)11(14)15/h3-5,7,13H,6,12H2,1-2H3,(H,14,15). The van der Waals surface area contributed by atoms with Gasteiger partial charge >= 0.3 is 5.97 Å². The van der Waals surface area contributed by atoms with Crippen molar-refractivity contribution in [3.63, 3.8) is 0 Å². The zero-order valence-electron chi connectivity index (χ0n) is 10.6. The van der Waals surface area contributed by atoms with Gasteiger partial charge in [-0.25, -0.2) is 17.9 Å². The van der Waals surface area contributed by atoms with Crippen LogP contribution in [0, 0.1) is 0 Å². The number of hydrogen-bond acceptors (Lipinski definition) is 5. The highest BCUT2D eigenvalue weighted by Gasteiger charge is 2.24. The van der Waals surface area contributed by atoms with E-state index < -0.39 is 22.0 Å². The Morgan fingerprint density at radius 1 is 1.53 bits per heavy atom. The molecule has 0 radical (unpaired) electrons. The summed E-state index contributed by atoms with van der Waals surface area (Å²) in [5, 5.41) is 9.02. The molecule has 1 unspecified atom stereocenters. The van der Waals surface area contributed by atoms with Crippen molar-refractivity contribution in [1.29, 1.82) is 0 Å². The molecular weight excluding hydrogens is 272 g/mol. The van der Waals surface area contributed by atoms with Crippen LogP contribution in [0.2, 0.25) is 0 Å². The monoisotopic (exact) mass is 288 g/mol. The number of sulfonamides is 1. The van der Waals surface area contributed by atoms with Crippen molar-refractivity contribution in [2.75, 3.05) is 19.5 Å². The summed E-state index contributed by atoms with van der Waals surface area (Å²) in [6.45, 7) is 1.79. The predicted molar refractivity (Wildman–Crippen MR) is 69.5 cm³/mol. The van der Waals surface area contributed by atoms with E-state index in [1.54, 1.807) is 6.92 Å². The first-order valence-corrected chi connectivity index (χ1v) is 6.90. The minimum absolute atomic E-state index is 0.177. The van der Waals surface area contributed by atoms with Crippen LogP contribution < -0.4 is 10.5 Å². The van der Waals surface area contributed by atoms with Gasteiger partial charge in [-0.3, -0.25) is 0 Å². The average molecular weight is 288 g/mol. The normalized spacial score (nSPS) is 13.2. The van der Waals surface area contributed by atoms with Gasteiger partial charge in [0, 0.05) is 18.8 Å². The second kappa shape index (κ2) is 6.00. The van der Waals surface area contributed by atoms with Crippen molar-refractivity contribution >= 4 is 21.7 Å². The van der Waals surface area contributed by atoms with Gasteiger partial charge in [0.15, 0.2) is 0 Å². The van der Waals surface area contributed by atoms with Gasteiger partial charge in [0.2, 0.25) is 10.0 Å². The zero-order chi connectivity index (χ0) is 14.6. The van der Waals surface area contributed by atoms with E-state index in [-0.39, 0.29) is 22.8 Å². The average Bonchev–Trinajstić information content (AvgIpc) is 2.27. The minimum Gasteiger partial charge on any atom is -0.478 e. The molecule has 4 N–H and O–H groups in total. The topological polar surface area (TPSA) is 119 Å². The summed E-state index contributed by atoms with van der Waals surface area (Å²) in [5.74, 6) is -1.35. The van der Waals surface area contributed by atoms with Crippen molar-refractivity contribution in [3.05, 3.63) is 23.8 Å². The molecule has 0 aliphatic heterocycles. The molecule has 0 fully saturated rings. The number of nitrogens with two attached hydrogens (primary N) is 1. The number of anilines is 1. The van der Waals surface area contributed by atoms with Crippen molar-refractivity contribution in [3.8, 4) is 0 Å². The van der Waals surface area contributed by atoms with E-state index in [0.717, 1.165) is 6.07 Å². The lowest BCUT2D eigenvalue weighted by Crippen LogP contribution is -2.36. The molecule has 0 heterocycles. The van der Waals surface area contributed by atoms with Crippen molar-refractivity contribution in [2.45, 2.75) is 17.9 Å². The van der Waals surface area contributed by atoms with E-state index in [1.807, 2.05) is 0 Å². The maximum Gasteiger partial charge on any atom is 0.337 e. The number of carboxylic acids is 1. The second-order valence-electron chi connectivity index (χ2n) is 4.04. The van der Waals surface area contributed by atoms with Crippen molar-refractivity contribution in [1.82, 2.24) is 4.72 Å². The maximum absolute atomic E-state index is 12.1. The van der Waals surface area contributed by atoms with Crippen LogP contribution in [0.25, 0.3) is 0 Å². The summed E-state index contributed by atoms with van der Waals surface area (Å²) in [6, 6.07) is 3.13. The smallest absolute Gasteiger partial charge is 0.337 e. The van der Waals surface area contributed by atoms with Gasteiger partial charge in [0.1, 0.15) is 0 Å². The van der Waals surface area contributed by atoms with Gasteiger partial charge < -0.3 is 15.6 Å². The van der Waals surface area contributed by atoms with Crippen LogP contribution in [0.5, 0.6) is 0 Å². The van der Waals surface area contributed by atoms with Gasteiger partial charge in [-0.2, -0.15) is 0 Å². The molecule has 0 saturated heterocycles. The summed E-state index contributed by atoms with van der Waals surface area (Å²) >= 11 is 0. The molecular formula is C11H16N2O5S. The van der Waals surface area contributed by atoms with Gasteiger partial charge in [0.25, 0.3) is 0 Å². The van der Waals surface area contributed by atoms with Gasteiger partial charge in [0.05, 0.1) is 17.1 Å². The molecule has 0 aliphatic carbocycles. The number of rotatable bonds is 6. The molecule has 106 valence electrons. The highest BCUT2D eigenvalue weighted by atomic mass is 32.2. The van der Waals surface area contributed by atoms with Crippen LogP contribution in [0.1, 0.15) is 17.3 Å². The Balaban J connectivity index is 3.18. The molecule has 1 aromatic rings. The van der Waals surface area contributed by atoms with E-state index in [4.69, 9.17) is 15.6 Å². The number of aromatic carboxylic acids is 1. The number of benzene rings is 1. The predicted octanol–water partition coefficient (Wildman–Crippen LogP) is 0.280. The Kier molecular flexibility index (Phi) is 4.87. The molecule has 7 nitrogen and oxygen atoms in total. The quantitative estimate of drug-likeness (QED) is 0.647. The number of carboxylic acid groups (broad SMARTS) is 1. The first kappa shape index (κ1) is 15.4.